The van der Waals surface area contributed by atoms with Crippen molar-refractivity contribution in [1.29, 1.82) is 0 Å². The number of nitrogens with zero attached hydrogens (tertiary/aromatic N) is 1. The number of hydrogen-bond acceptors (Lipinski definition) is 2. The van der Waals surface area contributed by atoms with Crippen LogP contribution in [0.5, 0.6) is 0 Å². The van der Waals surface area contributed by atoms with Gasteiger partial charge >= 0.3 is 0 Å². The average Bonchev–Trinajstić information content (AvgIpc) is 2.32. The van der Waals surface area contributed by atoms with E-state index >= 15 is 0 Å². The van der Waals surface area contributed by atoms with E-state index in [0.717, 1.165) is 31.4 Å². The molecule has 0 aliphatic carbocycles. The zero-order valence-corrected chi connectivity index (χ0v) is 10.7. The van der Waals surface area contributed by atoms with Gasteiger partial charge < -0.3 is 9.30 Å². The van der Waals surface area contributed by atoms with Crippen LogP contribution in [-0.2, 0) is 11.2 Å². The molecule has 3 nitrogen and oxygen atoms in total. The number of hydrogen-bond donors (Lipinski definition) is 0. The van der Waals surface area contributed by atoms with Crippen LogP contribution >= 0.6 is 0 Å². The van der Waals surface area contributed by atoms with Crippen LogP contribution in [0.4, 0.5) is 0 Å². The SMILES string of the molecule is CC(C)Cc1cccn(C2CCCOC2)c1=O. The molecule has 2 rings (SSSR count). The second-order valence-electron chi connectivity index (χ2n) is 5.21. The molecule has 94 valence electrons. The van der Waals surface area contributed by atoms with Gasteiger partial charge in [-0.05, 0) is 31.2 Å². The van der Waals surface area contributed by atoms with E-state index < -0.39 is 0 Å². The van der Waals surface area contributed by atoms with Gasteiger partial charge in [-0.1, -0.05) is 19.9 Å². The van der Waals surface area contributed by atoms with Crippen molar-refractivity contribution in [2.45, 2.75) is 39.2 Å². The Bertz CT molecular complexity index is 416. The summed E-state index contributed by atoms with van der Waals surface area (Å²) >= 11 is 0. The van der Waals surface area contributed by atoms with Crippen LogP contribution in [-0.4, -0.2) is 17.8 Å². The van der Waals surface area contributed by atoms with Crippen LogP contribution in [0.15, 0.2) is 23.1 Å². The number of ether oxygens (including phenoxy) is 1. The van der Waals surface area contributed by atoms with Crippen LogP contribution in [0.3, 0.4) is 0 Å². The molecule has 1 aliphatic heterocycles. The fourth-order valence-corrected chi connectivity index (χ4v) is 2.38. The first kappa shape index (κ1) is 12.4. The number of aromatic nitrogens is 1. The van der Waals surface area contributed by atoms with E-state index in [0.29, 0.717) is 12.5 Å². The lowest BCUT2D eigenvalue weighted by Gasteiger charge is -2.24. The summed E-state index contributed by atoms with van der Waals surface area (Å²) in [6.45, 7) is 5.78. The smallest absolute Gasteiger partial charge is 0.254 e. The van der Waals surface area contributed by atoms with Crippen molar-refractivity contribution in [2.75, 3.05) is 13.2 Å². The lowest BCUT2D eigenvalue weighted by atomic mass is 10.0. The highest BCUT2D eigenvalue weighted by molar-refractivity contribution is 5.11. The standard InChI is InChI=1S/C14H21NO2/c1-11(2)9-12-5-3-7-15(14(12)16)13-6-4-8-17-10-13/h3,5,7,11,13H,4,6,8-10H2,1-2H3. The summed E-state index contributed by atoms with van der Waals surface area (Å²) in [7, 11) is 0. The van der Waals surface area contributed by atoms with Crippen LogP contribution in [0.25, 0.3) is 0 Å². The quantitative estimate of drug-likeness (QED) is 0.805. The average molecular weight is 235 g/mol. The summed E-state index contributed by atoms with van der Waals surface area (Å²) in [5.41, 5.74) is 1.09. The Kier molecular flexibility index (Phi) is 4.00. The topological polar surface area (TPSA) is 31.2 Å². The molecule has 1 aromatic heterocycles. The van der Waals surface area contributed by atoms with E-state index in [9.17, 15) is 4.79 Å². The third-order valence-corrected chi connectivity index (χ3v) is 3.21. The van der Waals surface area contributed by atoms with E-state index in [1.807, 2.05) is 22.9 Å². The number of pyridine rings is 1. The van der Waals surface area contributed by atoms with Gasteiger partial charge in [-0.25, -0.2) is 0 Å². The summed E-state index contributed by atoms with van der Waals surface area (Å²) in [6.07, 6.45) is 4.84. The van der Waals surface area contributed by atoms with E-state index in [-0.39, 0.29) is 11.6 Å². The van der Waals surface area contributed by atoms with Gasteiger partial charge in [0.05, 0.1) is 12.6 Å². The molecule has 0 aromatic carbocycles. The lowest BCUT2D eigenvalue weighted by Crippen LogP contribution is -2.32. The predicted octanol–water partition coefficient (Wildman–Crippen LogP) is 2.40. The second kappa shape index (κ2) is 5.50. The zero-order chi connectivity index (χ0) is 12.3. The molecule has 17 heavy (non-hydrogen) atoms. The Morgan fingerprint density at radius 2 is 2.35 bits per heavy atom. The lowest BCUT2D eigenvalue weighted by molar-refractivity contribution is 0.0579. The first-order chi connectivity index (χ1) is 8.18. The summed E-state index contributed by atoms with van der Waals surface area (Å²) in [5.74, 6) is 0.515. The molecule has 0 spiro atoms. The normalized spacial score (nSPS) is 20.8. The first-order valence-corrected chi connectivity index (χ1v) is 6.46. The molecule has 2 heterocycles. The van der Waals surface area contributed by atoms with Crippen molar-refractivity contribution in [1.82, 2.24) is 4.57 Å². The Hall–Kier alpha value is -1.09. The molecule has 0 amide bonds. The molecule has 1 unspecified atom stereocenters. The molecular formula is C14H21NO2. The third-order valence-electron chi connectivity index (χ3n) is 3.21. The predicted molar refractivity (Wildman–Crippen MR) is 68.3 cm³/mol. The van der Waals surface area contributed by atoms with Gasteiger partial charge in [0.1, 0.15) is 0 Å². The van der Waals surface area contributed by atoms with E-state index in [1.165, 1.54) is 0 Å². The Morgan fingerprint density at radius 1 is 1.53 bits per heavy atom. The van der Waals surface area contributed by atoms with Crippen molar-refractivity contribution in [2.24, 2.45) is 5.92 Å². The minimum absolute atomic E-state index is 0.164. The molecule has 1 aliphatic rings. The monoisotopic (exact) mass is 235 g/mol. The molecule has 1 aromatic rings. The highest BCUT2D eigenvalue weighted by atomic mass is 16.5. The molecule has 0 radical (unpaired) electrons. The van der Waals surface area contributed by atoms with Crippen LogP contribution in [0, 0.1) is 5.92 Å². The van der Waals surface area contributed by atoms with Gasteiger partial charge in [-0.3, -0.25) is 4.79 Å². The van der Waals surface area contributed by atoms with Crippen molar-refractivity contribution in [3.8, 4) is 0 Å². The molecule has 1 fully saturated rings. The molecule has 1 saturated heterocycles. The van der Waals surface area contributed by atoms with Gasteiger partial charge in [-0.15, -0.1) is 0 Å². The number of rotatable bonds is 3. The van der Waals surface area contributed by atoms with Gasteiger partial charge in [-0.2, -0.15) is 0 Å². The minimum Gasteiger partial charge on any atom is -0.379 e. The third kappa shape index (κ3) is 2.97. The largest absolute Gasteiger partial charge is 0.379 e. The van der Waals surface area contributed by atoms with E-state index in [4.69, 9.17) is 4.74 Å². The van der Waals surface area contributed by atoms with Crippen molar-refractivity contribution in [3.05, 3.63) is 34.2 Å². The van der Waals surface area contributed by atoms with Gasteiger partial charge in [0.25, 0.3) is 5.56 Å². The van der Waals surface area contributed by atoms with Crippen LogP contribution < -0.4 is 5.56 Å². The van der Waals surface area contributed by atoms with Crippen LogP contribution in [0.1, 0.15) is 38.3 Å². The molecular weight excluding hydrogens is 214 g/mol. The molecule has 0 saturated carbocycles. The van der Waals surface area contributed by atoms with Gasteiger partial charge in [0.15, 0.2) is 0 Å². The maximum Gasteiger partial charge on any atom is 0.254 e. The maximum absolute atomic E-state index is 12.3. The Balaban J connectivity index is 2.25. The highest BCUT2D eigenvalue weighted by Gasteiger charge is 2.17. The fourth-order valence-electron chi connectivity index (χ4n) is 2.38. The van der Waals surface area contributed by atoms with Crippen molar-refractivity contribution >= 4 is 0 Å². The Morgan fingerprint density at radius 3 is 3.00 bits per heavy atom. The highest BCUT2D eigenvalue weighted by Crippen LogP contribution is 2.17. The molecule has 1 atom stereocenters. The van der Waals surface area contributed by atoms with Crippen LogP contribution in [0.2, 0.25) is 0 Å². The summed E-state index contributed by atoms with van der Waals surface area (Å²) in [5, 5.41) is 0. The summed E-state index contributed by atoms with van der Waals surface area (Å²) in [4.78, 5) is 12.3. The molecule has 0 N–H and O–H groups in total. The van der Waals surface area contributed by atoms with Crippen molar-refractivity contribution in [3.63, 3.8) is 0 Å². The summed E-state index contributed by atoms with van der Waals surface area (Å²) in [6, 6.07) is 4.15. The molecule has 0 bridgehead atoms. The van der Waals surface area contributed by atoms with E-state index in [1.54, 1.807) is 0 Å². The minimum atomic E-state index is 0.164. The second-order valence-corrected chi connectivity index (χ2v) is 5.21. The summed E-state index contributed by atoms with van der Waals surface area (Å²) < 4.78 is 7.31. The maximum atomic E-state index is 12.3. The Labute approximate surface area is 102 Å². The van der Waals surface area contributed by atoms with Gasteiger partial charge in [0.2, 0.25) is 0 Å². The fraction of sp³-hybridized carbons (Fsp3) is 0.643. The van der Waals surface area contributed by atoms with Gasteiger partial charge in [0, 0.05) is 18.4 Å². The first-order valence-electron chi connectivity index (χ1n) is 6.46. The molecule has 3 heteroatoms. The zero-order valence-electron chi connectivity index (χ0n) is 10.7. The van der Waals surface area contributed by atoms with Crippen molar-refractivity contribution < 1.29 is 4.74 Å². The van der Waals surface area contributed by atoms with E-state index in [2.05, 4.69) is 13.8 Å².